The number of rotatable bonds is 4. The first kappa shape index (κ1) is 14.1. The van der Waals surface area contributed by atoms with Crippen LogP contribution < -0.4 is 10.5 Å². The molecule has 18 heavy (non-hydrogen) atoms. The Balaban J connectivity index is 2.22. The maximum absolute atomic E-state index is 6.01. The van der Waals surface area contributed by atoms with E-state index >= 15 is 0 Å². The molecular formula is C13H13Br2NOS. The number of hydrogen-bond acceptors (Lipinski definition) is 3. The molecular weight excluding hydrogens is 378 g/mol. The summed E-state index contributed by atoms with van der Waals surface area (Å²) >= 11 is 8.55. The lowest BCUT2D eigenvalue weighted by molar-refractivity contribution is 0.216. The van der Waals surface area contributed by atoms with Gasteiger partial charge in [0.2, 0.25) is 0 Å². The first-order valence-electron chi connectivity index (χ1n) is 5.47. The predicted octanol–water partition coefficient (Wildman–Crippen LogP) is 4.66. The van der Waals surface area contributed by atoms with E-state index in [-0.39, 0.29) is 6.10 Å². The molecule has 0 amide bonds. The third kappa shape index (κ3) is 3.35. The maximum atomic E-state index is 6.01. The van der Waals surface area contributed by atoms with E-state index < -0.39 is 0 Å². The summed E-state index contributed by atoms with van der Waals surface area (Å²) in [5, 5.41) is 2.04. The van der Waals surface area contributed by atoms with E-state index in [9.17, 15) is 0 Å². The smallest absolute Gasteiger partial charge is 0.145 e. The molecule has 0 saturated carbocycles. The van der Waals surface area contributed by atoms with Gasteiger partial charge in [-0.1, -0.05) is 22.0 Å². The van der Waals surface area contributed by atoms with Crippen LogP contribution in [-0.2, 0) is 0 Å². The molecule has 0 aliphatic heterocycles. The zero-order valence-electron chi connectivity index (χ0n) is 9.82. The molecule has 1 heterocycles. The Labute approximate surface area is 127 Å². The van der Waals surface area contributed by atoms with Crippen LogP contribution in [0.1, 0.15) is 16.5 Å². The van der Waals surface area contributed by atoms with Crippen LogP contribution in [-0.4, -0.2) is 6.54 Å². The van der Waals surface area contributed by atoms with Crippen molar-refractivity contribution in [2.45, 2.75) is 13.0 Å². The molecule has 0 spiro atoms. The van der Waals surface area contributed by atoms with E-state index in [0.29, 0.717) is 6.54 Å². The van der Waals surface area contributed by atoms with Gasteiger partial charge >= 0.3 is 0 Å². The molecule has 2 aromatic rings. The summed E-state index contributed by atoms with van der Waals surface area (Å²) in [6.45, 7) is 2.48. The summed E-state index contributed by atoms with van der Waals surface area (Å²) in [5.74, 6) is 0.865. The van der Waals surface area contributed by atoms with Crippen LogP contribution in [0.2, 0.25) is 0 Å². The molecule has 0 bridgehead atoms. The van der Waals surface area contributed by atoms with Gasteiger partial charge in [0.15, 0.2) is 0 Å². The van der Waals surface area contributed by atoms with Crippen molar-refractivity contribution in [1.82, 2.24) is 0 Å². The predicted molar refractivity (Wildman–Crippen MR) is 83.3 cm³/mol. The fourth-order valence-corrected chi connectivity index (χ4v) is 3.40. The van der Waals surface area contributed by atoms with E-state index in [2.05, 4.69) is 37.9 Å². The standard InChI is InChI=1S/C13H13Br2NOS/c1-8-2-3-9(14)4-11(8)17-12(6-16)13-5-10(15)7-18-13/h2-5,7,12H,6,16H2,1H3. The van der Waals surface area contributed by atoms with Gasteiger partial charge in [-0.05, 0) is 46.6 Å². The molecule has 0 radical (unpaired) electrons. The average Bonchev–Trinajstić information content (AvgIpc) is 2.77. The van der Waals surface area contributed by atoms with Crippen molar-refractivity contribution in [2.24, 2.45) is 5.73 Å². The highest BCUT2D eigenvalue weighted by atomic mass is 79.9. The molecule has 0 fully saturated rings. The number of aryl methyl sites for hydroxylation is 1. The molecule has 0 aliphatic carbocycles. The highest BCUT2D eigenvalue weighted by molar-refractivity contribution is 9.10. The summed E-state index contributed by atoms with van der Waals surface area (Å²) in [6.07, 6.45) is -0.103. The zero-order chi connectivity index (χ0) is 13.1. The van der Waals surface area contributed by atoms with Gasteiger partial charge in [-0.25, -0.2) is 0 Å². The quantitative estimate of drug-likeness (QED) is 0.823. The lowest BCUT2D eigenvalue weighted by Crippen LogP contribution is -2.17. The Bertz CT molecular complexity index is 542. The molecule has 1 aromatic heterocycles. The van der Waals surface area contributed by atoms with Gasteiger partial charge in [0, 0.05) is 25.7 Å². The SMILES string of the molecule is Cc1ccc(Br)cc1OC(CN)c1cc(Br)cs1. The van der Waals surface area contributed by atoms with Gasteiger partial charge in [0.1, 0.15) is 11.9 Å². The highest BCUT2D eigenvalue weighted by Gasteiger charge is 2.15. The zero-order valence-corrected chi connectivity index (χ0v) is 13.8. The van der Waals surface area contributed by atoms with Crippen molar-refractivity contribution in [3.8, 4) is 5.75 Å². The van der Waals surface area contributed by atoms with Crippen LogP contribution in [0, 0.1) is 6.92 Å². The van der Waals surface area contributed by atoms with Gasteiger partial charge < -0.3 is 10.5 Å². The van der Waals surface area contributed by atoms with E-state index in [1.54, 1.807) is 11.3 Å². The first-order valence-corrected chi connectivity index (χ1v) is 7.93. The van der Waals surface area contributed by atoms with Gasteiger partial charge in [0.25, 0.3) is 0 Å². The molecule has 1 atom stereocenters. The minimum absolute atomic E-state index is 0.103. The molecule has 2 N–H and O–H groups in total. The Hall–Kier alpha value is -0.360. The molecule has 1 aromatic carbocycles. The Morgan fingerprint density at radius 1 is 1.28 bits per heavy atom. The summed E-state index contributed by atoms with van der Waals surface area (Å²) in [4.78, 5) is 1.13. The van der Waals surface area contributed by atoms with Gasteiger partial charge in [0.05, 0.1) is 0 Å². The minimum Gasteiger partial charge on any atom is -0.483 e. The number of thiophene rings is 1. The van der Waals surface area contributed by atoms with Crippen LogP contribution >= 0.6 is 43.2 Å². The van der Waals surface area contributed by atoms with Crippen molar-refractivity contribution in [2.75, 3.05) is 6.54 Å². The van der Waals surface area contributed by atoms with Crippen molar-refractivity contribution in [3.63, 3.8) is 0 Å². The molecule has 0 saturated heterocycles. The number of halogens is 2. The van der Waals surface area contributed by atoms with Crippen molar-refractivity contribution in [3.05, 3.63) is 49.0 Å². The summed E-state index contributed by atoms with van der Waals surface area (Å²) in [7, 11) is 0. The number of hydrogen-bond donors (Lipinski definition) is 1. The lowest BCUT2D eigenvalue weighted by atomic mass is 10.2. The third-order valence-corrected chi connectivity index (χ3v) is 4.82. The highest BCUT2D eigenvalue weighted by Crippen LogP contribution is 2.31. The Morgan fingerprint density at radius 2 is 2.06 bits per heavy atom. The summed E-state index contributed by atoms with van der Waals surface area (Å²) < 4.78 is 8.08. The largest absolute Gasteiger partial charge is 0.483 e. The second-order valence-electron chi connectivity index (χ2n) is 3.92. The number of benzene rings is 1. The maximum Gasteiger partial charge on any atom is 0.145 e. The summed E-state index contributed by atoms with van der Waals surface area (Å²) in [5.41, 5.74) is 6.91. The van der Waals surface area contributed by atoms with Crippen LogP contribution in [0.25, 0.3) is 0 Å². The second-order valence-corrected chi connectivity index (χ2v) is 6.69. The van der Waals surface area contributed by atoms with Gasteiger partial charge in [-0.15, -0.1) is 11.3 Å². The molecule has 2 rings (SSSR count). The molecule has 0 aliphatic rings. The van der Waals surface area contributed by atoms with Crippen molar-refractivity contribution < 1.29 is 4.74 Å². The van der Waals surface area contributed by atoms with Gasteiger partial charge in [-0.3, -0.25) is 0 Å². The minimum atomic E-state index is -0.103. The summed E-state index contributed by atoms with van der Waals surface area (Å²) in [6, 6.07) is 8.05. The second kappa shape index (κ2) is 6.19. The monoisotopic (exact) mass is 389 g/mol. The lowest BCUT2D eigenvalue weighted by Gasteiger charge is -2.17. The van der Waals surface area contributed by atoms with Crippen LogP contribution in [0.15, 0.2) is 38.6 Å². The number of nitrogens with two attached hydrogens (primary N) is 1. The molecule has 1 unspecified atom stereocenters. The Morgan fingerprint density at radius 3 is 2.67 bits per heavy atom. The molecule has 5 heteroatoms. The Kier molecular flexibility index (Phi) is 4.84. The third-order valence-electron chi connectivity index (χ3n) is 2.54. The fourth-order valence-electron chi connectivity index (χ4n) is 1.57. The van der Waals surface area contributed by atoms with Crippen molar-refractivity contribution in [1.29, 1.82) is 0 Å². The van der Waals surface area contributed by atoms with E-state index in [0.717, 1.165) is 25.1 Å². The van der Waals surface area contributed by atoms with Crippen LogP contribution in [0.4, 0.5) is 0 Å². The van der Waals surface area contributed by atoms with E-state index in [1.807, 2.05) is 30.5 Å². The van der Waals surface area contributed by atoms with Crippen LogP contribution in [0.3, 0.4) is 0 Å². The number of ether oxygens (including phenoxy) is 1. The topological polar surface area (TPSA) is 35.2 Å². The van der Waals surface area contributed by atoms with Gasteiger partial charge in [-0.2, -0.15) is 0 Å². The van der Waals surface area contributed by atoms with E-state index in [1.165, 1.54) is 0 Å². The van der Waals surface area contributed by atoms with Crippen molar-refractivity contribution >= 4 is 43.2 Å². The molecule has 2 nitrogen and oxygen atoms in total. The van der Waals surface area contributed by atoms with Crippen LogP contribution in [0.5, 0.6) is 5.75 Å². The normalized spacial score (nSPS) is 12.4. The fraction of sp³-hybridized carbons (Fsp3) is 0.231. The average molecular weight is 391 g/mol. The first-order chi connectivity index (χ1) is 8.60. The molecule has 96 valence electrons. The van der Waals surface area contributed by atoms with E-state index in [4.69, 9.17) is 10.5 Å².